The van der Waals surface area contributed by atoms with Gasteiger partial charge in [0.15, 0.2) is 0 Å². The maximum atomic E-state index is 12.9. The Balaban J connectivity index is 1.26. The molecule has 3 aliphatic rings. The number of carbonyl (C=O) groups is 2. The Hall–Kier alpha value is -3.30. The van der Waals surface area contributed by atoms with Gasteiger partial charge in [0.25, 0.3) is 0 Å². The van der Waals surface area contributed by atoms with Crippen LogP contribution in [-0.2, 0) is 9.53 Å². The van der Waals surface area contributed by atoms with Crippen LogP contribution in [0.1, 0.15) is 43.6 Å². The number of rotatable bonds is 6. The van der Waals surface area contributed by atoms with Crippen molar-refractivity contribution in [3.8, 4) is 11.5 Å². The Morgan fingerprint density at radius 1 is 1.06 bits per heavy atom. The Labute approximate surface area is 210 Å². The number of methoxy groups -OCH3 is 1. The fraction of sp³-hybridized carbons (Fsp3) is 0.481. The van der Waals surface area contributed by atoms with Gasteiger partial charge in [-0.2, -0.15) is 0 Å². The van der Waals surface area contributed by atoms with Gasteiger partial charge in [-0.05, 0) is 68.1 Å². The molecule has 0 saturated carbocycles. The van der Waals surface area contributed by atoms with E-state index in [2.05, 4.69) is 10.6 Å². The molecule has 9 nitrogen and oxygen atoms in total. The Bertz CT molecular complexity index is 1090. The van der Waals surface area contributed by atoms with Gasteiger partial charge in [-0.25, -0.2) is 4.79 Å². The second-order valence-electron chi connectivity index (χ2n) is 9.61. The summed E-state index contributed by atoms with van der Waals surface area (Å²) in [6.45, 7) is 1.43. The topological polar surface area (TPSA) is 109 Å². The number of carbonyl (C=O) groups excluding carboxylic acids is 2. The molecule has 0 bridgehead atoms. The molecule has 0 aliphatic carbocycles. The lowest BCUT2D eigenvalue weighted by Gasteiger charge is -2.38. The molecule has 5 rings (SSSR count). The molecule has 3 aliphatic heterocycles. The molecule has 3 amide bonds. The van der Waals surface area contributed by atoms with Gasteiger partial charge in [-0.15, -0.1) is 0 Å². The van der Waals surface area contributed by atoms with Crippen LogP contribution < -0.4 is 20.1 Å². The van der Waals surface area contributed by atoms with Crippen LogP contribution in [0.4, 0.5) is 16.2 Å². The number of amides is 3. The highest BCUT2D eigenvalue weighted by molar-refractivity contribution is 5.99. The number of hydrogen-bond acceptors (Lipinski definition) is 6. The molecular formula is C27H33N3O6. The van der Waals surface area contributed by atoms with Crippen molar-refractivity contribution in [1.82, 2.24) is 4.90 Å². The van der Waals surface area contributed by atoms with Crippen molar-refractivity contribution >= 4 is 23.3 Å². The lowest BCUT2D eigenvalue weighted by atomic mass is 9.84. The summed E-state index contributed by atoms with van der Waals surface area (Å²) in [5.74, 6) is 1.51. The summed E-state index contributed by atoms with van der Waals surface area (Å²) in [4.78, 5) is 27.3. The maximum Gasteiger partial charge on any atom is 0.323 e. The number of ether oxygens (including phenoxy) is 3. The average Bonchev–Trinajstić information content (AvgIpc) is 3.27. The van der Waals surface area contributed by atoms with Gasteiger partial charge >= 0.3 is 6.03 Å². The largest absolute Gasteiger partial charge is 0.497 e. The van der Waals surface area contributed by atoms with Gasteiger partial charge in [-0.3, -0.25) is 4.79 Å². The quantitative estimate of drug-likeness (QED) is 0.563. The lowest BCUT2D eigenvalue weighted by Crippen LogP contribution is -2.48. The molecule has 0 unspecified atom stereocenters. The SMILES string of the molecule is COc1ccc(NC(=O)Nc2ccc3c(c2)[C@H]2C[C@H](CC(=O)N4CCCCC4)O[C@H](CO)[C@H]2O3)cc1. The molecule has 9 heteroatoms. The zero-order valence-electron chi connectivity index (χ0n) is 20.4. The van der Waals surface area contributed by atoms with Gasteiger partial charge in [0.2, 0.25) is 5.91 Å². The third-order valence-electron chi connectivity index (χ3n) is 7.22. The lowest BCUT2D eigenvalue weighted by molar-refractivity contribution is -0.149. The van der Waals surface area contributed by atoms with E-state index in [1.807, 2.05) is 17.0 Å². The van der Waals surface area contributed by atoms with Crippen LogP contribution in [0.3, 0.4) is 0 Å². The second kappa shape index (κ2) is 10.8. The third-order valence-corrected chi connectivity index (χ3v) is 7.22. The average molecular weight is 496 g/mol. The fourth-order valence-corrected chi connectivity index (χ4v) is 5.40. The fourth-order valence-electron chi connectivity index (χ4n) is 5.40. The first-order chi connectivity index (χ1) is 17.5. The Morgan fingerprint density at radius 2 is 1.78 bits per heavy atom. The van der Waals surface area contributed by atoms with Gasteiger partial charge in [0, 0.05) is 35.9 Å². The van der Waals surface area contributed by atoms with E-state index in [9.17, 15) is 14.7 Å². The number of nitrogens with zero attached hydrogens (tertiary/aromatic N) is 1. The highest BCUT2D eigenvalue weighted by Gasteiger charge is 2.46. The maximum absolute atomic E-state index is 12.9. The first-order valence-corrected chi connectivity index (χ1v) is 12.6. The van der Waals surface area contributed by atoms with E-state index >= 15 is 0 Å². The summed E-state index contributed by atoms with van der Waals surface area (Å²) >= 11 is 0. The standard InChI is InChI=1S/C27H33N3O6/c1-34-19-8-5-17(6-9-19)28-27(33)29-18-7-10-23-21(13-18)22-14-20(35-24(16-31)26(22)36-23)15-25(32)30-11-3-2-4-12-30/h5-10,13,20,22,24,26,31H,2-4,11-12,14-16H2,1H3,(H2,28,29,33)/t20-,22-,24-,26+/m1/s1. The van der Waals surface area contributed by atoms with Crippen molar-refractivity contribution in [3.05, 3.63) is 48.0 Å². The van der Waals surface area contributed by atoms with E-state index in [0.717, 1.165) is 37.2 Å². The minimum Gasteiger partial charge on any atom is -0.497 e. The number of likely N-dealkylation sites (tertiary alicyclic amines) is 1. The summed E-state index contributed by atoms with van der Waals surface area (Å²) in [7, 11) is 1.59. The molecule has 0 spiro atoms. The molecule has 2 fully saturated rings. The second-order valence-corrected chi connectivity index (χ2v) is 9.61. The number of hydrogen-bond donors (Lipinski definition) is 3. The van der Waals surface area contributed by atoms with Gasteiger partial charge in [0.05, 0.1) is 26.2 Å². The number of piperidine rings is 1. The van der Waals surface area contributed by atoms with E-state index in [1.165, 1.54) is 6.42 Å². The number of aliphatic hydroxyl groups is 1. The summed E-state index contributed by atoms with van der Waals surface area (Å²) in [6.07, 6.45) is 3.06. The van der Waals surface area contributed by atoms with Crippen molar-refractivity contribution in [3.63, 3.8) is 0 Å². The molecule has 3 N–H and O–H groups in total. The van der Waals surface area contributed by atoms with Gasteiger partial charge < -0.3 is 34.9 Å². The minimum atomic E-state index is -0.509. The van der Waals surface area contributed by atoms with Crippen LogP contribution in [-0.4, -0.2) is 67.1 Å². The third kappa shape index (κ3) is 5.27. The van der Waals surface area contributed by atoms with Crippen LogP contribution in [0, 0.1) is 0 Å². The zero-order valence-corrected chi connectivity index (χ0v) is 20.4. The molecule has 4 atom stereocenters. The van der Waals surface area contributed by atoms with E-state index in [-0.39, 0.29) is 36.7 Å². The molecule has 2 saturated heterocycles. The number of urea groups is 1. The van der Waals surface area contributed by atoms with Gasteiger partial charge in [0.1, 0.15) is 23.7 Å². The Kier molecular flexibility index (Phi) is 7.29. The van der Waals surface area contributed by atoms with Gasteiger partial charge in [-0.1, -0.05) is 0 Å². The van der Waals surface area contributed by atoms with Crippen LogP contribution in [0.2, 0.25) is 0 Å². The summed E-state index contributed by atoms with van der Waals surface area (Å²) in [5, 5.41) is 15.7. The number of fused-ring (bicyclic) bond motifs is 3. The molecule has 2 aromatic rings. The van der Waals surface area contributed by atoms with Crippen LogP contribution >= 0.6 is 0 Å². The van der Waals surface area contributed by atoms with Crippen LogP contribution in [0.25, 0.3) is 0 Å². The monoisotopic (exact) mass is 495 g/mol. The summed E-state index contributed by atoms with van der Waals surface area (Å²) in [5.41, 5.74) is 2.24. The van der Waals surface area contributed by atoms with Crippen molar-refractivity contribution in [1.29, 1.82) is 0 Å². The number of benzene rings is 2. The van der Waals surface area contributed by atoms with E-state index in [4.69, 9.17) is 14.2 Å². The number of anilines is 2. The molecule has 36 heavy (non-hydrogen) atoms. The van der Waals surface area contributed by atoms with Crippen LogP contribution in [0.5, 0.6) is 11.5 Å². The van der Waals surface area contributed by atoms with Crippen molar-refractivity contribution in [2.45, 2.75) is 56.3 Å². The van der Waals surface area contributed by atoms with Crippen LogP contribution in [0.15, 0.2) is 42.5 Å². The first kappa shape index (κ1) is 24.4. The zero-order chi connectivity index (χ0) is 25.1. The summed E-state index contributed by atoms with van der Waals surface area (Å²) < 4.78 is 17.4. The molecular weight excluding hydrogens is 462 g/mol. The molecule has 0 aromatic heterocycles. The summed E-state index contributed by atoms with van der Waals surface area (Å²) in [6, 6.07) is 12.3. The highest BCUT2D eigenvalue weighted by atomic mass is 16.6. The molecule has 192 valence electrons. The van der Waals surface area contributed by atoms with Crippen molar-refractivity contribution in [2.24, 2.45) is 0 Å². The molecule has 0 radical (unpaired) electrons. The number of nitrogens with one attached hydrogen (secondary N) is 2. The number of aliphatic hydroxyl groups excluding tert-OH is 1. The Morgan fingerprint density at radius 3 is 2.50 bits per heavy atom. The first-order valence-electron chi connectivity index (χ1n) is 12.6. The minimum absolute atomic E-state index is 0.0311. The van der Waals surface area contributed by atoms with E-state index in [1.54, 1.807) is 37.4 Å². The smallest absolute Gasteiger partial charge is 0.323 e. The predicted octanol–water partition coefficient (Wildman–Crippen LogP) is 3.74. The van der Waals surface area contributed by atoms with Crippen molar-refractivity contribution in [2.75, 3.05) is 37.4 Å². The molecule has 3 heterocycles. The molecule has 2 aromatic carbocycles. The van der Waals surface area contributed by atoms with E-state index < -0.39 is 6.10 Å². The van der Waals surface area contributed by atoms with E-state index in [0.29, 0.717) is 30.0 Å². The normalized spacial score (nSPS) is 24.8. The highest BCUT2D eigenvalue weighted by Crippen LogP contribution is 2.47. The van der Waals surface area contributed by atoms with Crippen molar-refractivity contribution < 1.29 is 28.9 Å². The predicted molar refractivity (Wildman–Crippen MR) is 135 cm³/mol.